The zero-order chi connectivity index (χ0) is 16.7. The van der Waals surface area contributed by atoms with Gasteiger partial charge in [-0.2, -0.15) is 5.10 Å². The zero-order valence-corrected chi connectivity index (χ0v) is 14.3. The van der Waals surface area contributed by atoms with Gasteiger partial charge < -0.3 is 4.74 Å². The molecule has 0 heterocycles. The largest absolute Gasteiger partial charge is 0.480 e. The van der Waals surface area contributed by atoms with Crippen molar-refractivity contribution in [2.24, 2.45) is 5.10 Å². The number of carbonyl (C=O) groups is 1. The first-order valence-corrected chi connectivity index (χ1v) is 7.72. The molecule has 0 aliphatic heterocycles. The Hall–Kier alpha value is -2.29. The highest BCUT2D eigenvalue weighted by Gasteiger charge is 2.04. The quantitative estimate of drug-likeness (QED) is 0.478. The second-order valence-corrected chi connectivity index (χ2v) is 5.68. The lowest BCUT2D eigenvalue weighted by Gasteiger charge is -2.05. The number of halogens is 2. The van der Waals surface area contributed by atoms with E-state index in [1.807, 2.05) is 6.07 Å². The molecule has 0 spiro atoms. The number of hydrogen-bond donors (Lipinski definition) is 1. The number of hydrogen-bond acceptors (Lipinski definition) is 3. The van der Waals surface area contributed by atoms with Crippen LogP contribution in [-0.4, -0.2) is 18.7 Å². The average Bonchev–Trinajstić information content (AvgIpc) is 2.54. The maximum Gasteiger partial charge on any atom is 0.271 e. The number of ether oxygens (including phenoxy) is 1. The summed E-state index contributed by atoms with van der Waals surface area (Å²) in [6.07, 6.45) is 6.68. The Morgan fingerprint density at radius 1 is 1.35 bits per heavy atom. The minimum absolute atomic E-state index is 0.198. The van der Waals surface area contributed by atoms with E-state index in [-0.39, 0.29) is 12.5 Å². The van der Waals surface area contributed by atoms with Gasteiger partial charge in [-0.15, -0.1) is 6.42 Å². The van der Waals surface area contributed by atoms with Crippen LogP contribution in [0.4, 0.5) is 0 Å². The van der Waals surface area contributed by atoms with Crippen LogP contribution >= 0.6 is 27.5 Å². The molecule has 6 heteroatoms. The Bertz CT molecular complexity index is 767. The fourth-order valence-electron chi connectivity index (χ4n) is 1.67. The van der Waals surface area contributed by atoms with Crippen LogP contribution in [-0.2, 0) is 0 Å². The van der Waals surface area contributed by atoms with Gasteiger partial charge in [-0.05, 0) is 64.0 Å². The Kier molecular flexibility index (Phi) is 6.21. The summed E-state index contributed by atoms with van der Waals surface area (Å²) >= 11 is 9.16. The molecule has 2 rings (SSSR count). The van der Waals surface area contributed by atoms with E-state index < -0.39 is 0 Å². The molecule has 116 valence electrons. The minimum Gasteiger partial charge on any atom is -0.480 e. The van der Waals surface area contributed by atoms with Gasteiger partial charge in [-0.3, -0.25) is 4.79 Å². The van der Waals surface area contributed by atoms with E-state index in [0.717, 1.165) is 10.0 Å². The lowest BCUT2D eigenvalue weighted by atomic mass is 10.2. The summed E-state index contributed by atoms with van der Waals surface area (Å²) in [5.41, 5.74) is 3.72. The third-order valence-electron chi connectivity index (χ3n) is 2.75. The summed E-state index contributed by atoms with van der Waals surface area (Å²) < 4.78 is 6.09. The lowest BCUT2D eigenvalue weighted by Crippen LogP contribution is -2.17. The first kappa shape index (κ1) is 17.1. The molecule has 0 saturated heterocycles. The number of amides is 1. The van der Waals surface area contributed by atoms with E-state index in [1.54, 1.807) is 36.4 Å². The van der Waals surface area contributed by atoms with Crippen molar-refractivity contribution in [1.82, 2.24) is 5.43 Å². The molecule has 0 bridgehead atoms. The molecule has 2 aromatic rings. The number of hydrazone groups is 1. The fourth-order valence-corrected chi connectivity index (χ4v) is 2.30. The number of carbonyl (C=O) groups excluding carboxylic acids is 1. The van der Waals surface area contributed by atoms with Crippen molar-refractivity contribution in [3.63, 3.8) is 0 Å². The van der Waals surface area contributed by atoms with Gasteiger partial charge in [0.15, 0.2) is 0 Å². The normalized spacial score (nSPS) is 10.3. The second kappa shape index (κ2) is 8.37. The summed E-state index contributed by atoms with van der Waals surface area (Å²) in [5.74, 6) is 2.73. The molecule has 0 unspecified atom stereocenters. The molecule has 0 aliphatic carbocycles. The second-order valence-electron chi connectivity index (χ2n) is 4.39. The van der Waals surface area contributed by atoms with Crippen LogP contribution in [0.1, 0.15) is 15.9 Å². The third-order valence-corrected chi connectivity index (χ3v) is 3.62. The summed E-state index contributed by atoms with van der Waals surface area (Å²) in [7, 11) is 0. The molecule has 0 aliphatic rings. The summed E-state index contributed by atoms with van der Waals surface area (Å²) in [6, 6.07) is 11.9. The van der Waals surface area contributed by atoms with Crippen LogP contribution in [0.3, 0.4) is 0 Å². The van der Waals surface area contributed by atoms with E-state index in [1.165, 1.54) is 6.21 Å². The molecule has 1 amide bonds. The van der Waals surface area contributed by atoms with Crippen LogP contribution in [0.25, 0.3) is 0 Å². The van der Waals surface area contributed by atoms with Crippen molar-refractivity contribution in [1.29, 1.82) is 0 Å². The van der Waals surface area contributed by atoms with Crippen LogP contribution in [0.15, 0.2) is 52.0 Å². The fraction of sp³-hybridized carbons (Fsp3) is 0.0588. The van der Waals surface area contributed by atoms with Crippen LogP contribution < -0.4 is 10.2 Å². The van der Waals surface area contributed by atoms with Crippen LogP contribution in [0, 0.1) is 12.3 Å². The van der Waals surface area contributed by atoms with Crippen molar-refractivity contribution in [3.05, 3.63) is 63.1 Å². The van der Waals surface area contributed by atoms with E-state index in [9.17, 15) is 4.79 Å². The molecule has 1 N–H and O–H groups in total. The molecule has 0 atom stereocenters. The van der Waals surface area contributed by atoms with Crippen LogP contribution in [0.5, 0.6) is 5.75 Å². The first-order valence-electron chi connectivity index (χ1n) is 6.55. The maximum atomic E-state index is 11.9. The SMILES string of the molecule is C#CCOc1ccc(/C=N\NC(=O)c2ccc(Cl)cc2)cc1Br. The summed E-state index contributed by atoms with van der Waals surface area (Å²) in [4.78, 5) is 11.9. The number of nitrogens with zero attached hydrogens (tertiary/aromatic N) is 1. The zero-order valence-electron chi connectivity index (χ0n) is 11.9. The number of terminal acetylenes is 1. The number of nitrogens with one attached hydrogen (secondary N) is 1. The van der Waals surface area contributed by atoms with Gasteiger partial charge >= 0.3 is 0 Å². The number of rotatable bonds is 5. The Labute approximate surface area is 147 Å². The predicted octanol–water partition coefficient (Wildman–Crippen LogP) is 3.88. The molecule has 2 aromatic carbocycles. The van der Waals surface area contributed by atoms with Gasteiger partial charge in [0.25, 0.3) is 5.91 Å². The van der Waals surface area contributed by atoms with Gasteiger partial charge in [0, 0.05) is 10.6 Å². The van der Waals surface area contributed by atoms with E-state index >= 15 is 0 Å². The predicted molar refractivity (Wildman–Crippen MR) is 95.0 cm³/mol. The standard InChI is InChI=1S/C17H12BrClN2O2/c1-2-9-23-16-8-3-12(10-15(16)18)11-20-21-17(22)13-4-6-14(19)7-5-13/h1,3-8,10-11H,9H2,(H,21,22)/b20-11-. The first-order chi connectivity index (χ1) is 11.1. The van der Waals surface area contributed by atoms with Crippen molar-refractivity contribution in [2.45, 2.75) is 0 Å². The number of benzene rings is 2. The lowest BCUT2D eigenvalue weighted by molar-refractivity contribution is 0.0955. The highest BCUT2D eigenvalue weighted by atomic mass is 79.9. The maximum absolute atomic E-state index is 11.9. The smallest absolute Gasteiger partial charge is 0.271 e. The molecule has 0 aromatic heterocycles. The molecule has 0 fully saturated rings. The van der Waals surface area contributed by atoms with Gasteiger partial charge in [0.2, 0.25) is 0 Å². The van der Waals surface area contributed by atoms with Gasteiger partial charge in [-0.25, -0.2) is 5.43 Å². The highest BCUT2D eigenvalue weighted by Crippen LogP contribution is 2.25. The summed E-state index contributed by atoms with van der Waals surface area (Å²) in [5, 5.41) is 4.49. The Morgan fingerprint density at radius 3 is 2.74 bits per heavy atom. The van der Waals surface area contributed by atoms with Crippen molar-refractivity contribution < 1.29 is 9.53 Å². The van der Waals surface area contributed by atoms with Crippen molar-refractivity contribution in [2.75, 3.05) is 6.61 Å². The van der Waals surface area contributed by atoms with E-state index in [2.05, 4.69) is 32.4 Å². The third kappa shape index (κ3) is 5.13. The Balaban J connectivity index is 1.97. The summed E-state index contributed by atoms with van der Waals surface area (Å²) in [6.45, 7) is 0.198. The van der Waals surface area contributed by atoms with Gasteiger partial charge in [0.05, 0.1) is 10.7 Å². The van der Waals surface area contributed by atoms with Gasteiger partial charge in [-0.1, -0.05) is 17.5 Å². The van der Waals surface area contributed by atoms with Gasteiger partial charge in [0.1, 0.15) is 12.4 Å². The molecule has 4 nitrogen and oxygen atoms in total. The van der Waals surface area contributed by atoms with E-state index in [0.29, 0.717) is 16.3 Å². The van der Waals surface area contributed by atoms with Crippen molar-refractivity contribution in [3.8, 4) is 18.1 Å². The Morgan fingerprint density at radius 2 is 2.09 bits per heavy atom. The molecular weight excluding hydrogens is 380 g/mol. The molecule has 0 radical (unpaired) electrons. The van der Waals surface area contributed by atoms with Crippen molar-refractivity contribution >= 4 is 39.7 Å². The highest BCUT2D eigenvalue weighted by molar-refractivity contribution is 9.10. The molecular formula is C17H12BrClN2O2. The van der Waals surface area contributed by atoms with Crippen LogP contribution in [0.2, 0.25) is 5.02 Å². The average molecular weight is 392 g/mol. The molecule has 23 heavy (non-hydrogen) atoms. The monoisotopic (exact) mass is 390 g/mol. The van der Waals surface area contributed by atoms with E-state index in [4.69, 9.17) is 22.8 Å². The minimum atomic E-state index is -0.314. The molecule has 0 saturated carbocycles. The topological polar surface area (TPSA) is 50.7 Å².